The van der Waals surface area contributed by atoms with Crippen LogP contribution in [-0.2, 0) is 11.3 Å². The summed E-state index contributed by atoms with van der Waals surface area (Å²) in [4.78, 5) is 29.5. The number of hydrogen-bond acceptors (Lipinski definition) is 6. The second-order valence-electron chi connectivity index (χ2n) is 5.43. The number of carbonyl (C=O) groups excluding carboxylic acids is 2. The average Bonchev–Trinajstić information content (AvgIpc) is 3.22. The van der Waals surface area contributed by atoms with E-state index in [0.717, 1.165) is 5.56 Å². The van der Waals surface area contributed by atoms with Crippen molar-refractivity contribution in [2.75, 3.05) is 13.1 Å². The van der Waals surface area contributed by atoms with Crippen LogP contribution in [0, 0.1) is 0 Å². The number of pyridine rings is 1. The third-order valence-corrected chi connectivity index (χ3v) is 4.77. The molecule has 1 saturated heterocycles. The van der Waals surface area contributed by atoms with E-state index < -0.39 is 5.25 Å². The maximum Gasteiger partial charge on any atom is 0.324 e. The summed E-state index contributed by atoms with van der Waals surface area (Å²) in [6, 6.07) is 3.38. The van der Waals surface area contributed by atoms with Gasteiger partial charge in [0.2, 0.25) is 5.91 Å². The van der Waals surface area contributed by atoms with Crippen LogP contribution in [-0.4, -0.2) is 54.9 Å². The molecule has 3 heterocycles. The van der Waals surface area contributed by atoms with Crippen molar-refractivity contribution in [1.29, 1.82) is 0 Å². The van der Waals surface area contributed by atoms with Gasteiger partial charge in [-0.2, -0.15) is 0 Å². The van der Waals surface area contributed by atoms with Crippen LogP contribution in [0.4, 0.5) is 4.79 Å². The number of imide groups is 1. The molecule has 2 aromatic rings. The highest BCUT2D eigenvalue weighted by atomic mass is 32.2. The highest BCUT2D eigenvalue weighted by Gasteiger charge is 2.31. The van der Waals surface area contributed by atoms with Gasteiger partial charge in [-0.3, -0.25) is 19.2 Å². The van der Waals surface area contributed by atoms with Gasteiger partial charge in [-0.25, -0.2) is 4.79 Å². The molecule has 0 aromatic carbocycles. The summed E-state index contributed by atoms with van der Waals surface area (Å²) in [5, 5.41) is 11.2. The molecule has 0 bridgehead atoms. The van der Waals surface area contributed by atoms with Crippen LogP contribution >= 0.6 is 11.8 Å². The van der Waals surface area contributed by atoms with Crippen molar-refractivity contribution in [3.63, 3.8) is 0 Å². The Morgan fingerprint density at radius 3 is 3.00 bits per heavy atom. The molecule has 1 atom stereocenters. The summed E-state index contributed by atoms with van der Waals surface area (Å²) in [6.07, 6.45) is 5.14. The zero-order valence-electron chi connectivity index (χ0n) is 13.8. The van der Waals surface area contributed by atoms with E-state index in [0.29, 0.717) is 30.6 Å². The molecule has 3 amide bonds. The summed E-state index contributed by atoms with van der Waals surface area (Å²) in [6.45, 7) is 6.91. The molecule has 0 aliphatic carbocycles. The van der Waals surface area contributed by atoms with E-state index in [1.807, 2.05) is 16.7 Å². The first-order valence-corrected chi connectivity index (χ1v) is 8.70. The minimum absolute atomic E-state index is 0.240. The summed E-state index contributed by atoms with van der Waals surface area (Å²) < 4.78 is 1.88. The second-order valence-corrected chi connectivity index (χ2v) is 6.74. The number of allylic oxidation sites excluding steroid dienone is 1. The normalized spacial score (nSPS) is 15.1. The Morgan fingerprint density at radius 1 is 1.52 bits per heavy atom. The zero-order chi connectivity index (χ0) is 17.8. The number of amides is 3. The lowest BCUT2D eigenvalue weighted by Crippen LogP contribution is -2.39. The number of nitrogens with zero attached hydrogens (tertiary/aromatic N) is 5. The van der Waals surface area contributed by atoms with Crippen LogP contribution in [0.25, 0.3) is 11.4 Å². The van der Waals surface area contributed by atoms with Crippen LogP contribution in [0.15, 0.2) is 42.3 Å². The third kappa shape index (κ3) is 3.55. The molecule has 25 heavy (non-hydrogen) atoms. The maximum absolute atomic E-state index is 12.5. The van der Waals surface area contributed by atoms with Gasteiger partial charge < -0.3 is 5.32 Å². The molecule has 0 spiro atoms. The highest BCUT2D eigenvalue weighted by molar-refractivity contribution is 8.00. The quantitative estimate of drug-likeness (QED) is 0.622. The molecule has 3 rings (SSSR count). The van der Waals surface area contributed by atoms with Crippen molar-refractivity contribution in [2.45, 2.75) is 23.9 Å². The Labute approximate surface area is 149 Å². The van der Waals surface area contributed by atoms with Gasteiger partial charge in [0, 0.05) is 37.6 Å². The van der Waals surface area contributed by atoms with E-state index in [-0.39, 0.29) is 11.9 Å². The molecule has 1 N–H and O–H groups in total. The zero-order valence-corrected chi connectivity index (χ0v) is 14.6. The number of urea groups is 1. The molecular formula is C16H18N6O2S. The smallest absolute Gasteiger partial charge is 0.324 e. The summed E-state index contributed by atoms with van der Waals surface area (Å²) in [5.74, 6) is 0.421. The van der Waals surface area contributed by atoms with E-state index in [2.05, 4.69) is 27.1 Å². The first-order valence-electron chi connectivity index (χ1n) is 7.82. The number of hydrogen-bond donors (Lipinski definition) is 1. The summed E-state index contributed by atoms with van der Waals surface area (Å²) in [7, 11) is 0. The van der Waals surface area contributed by atoms with Gasteiger partial charge in [0.25, 0.3) is 0 Å². The maximum atomic E-state index is 12.5. The van der Waals surface area contributed by atoms with Gasteiger partial charge in [0.05, 0.1) is 5.25 Å². The Kier molecular flexibility index (Phi) is 5.13. The SMILES string of the molecule is C=CCn1c(S[C@H](C)C(=O)N2CCNC2=O)nnc1-c1cccnc1. The van der Waals surface area contributed by atoms with E-state index in [1.54, 1.807) is 25.4 Å². The largest absolute Gasteiger partial charge is 0.336 e. The van der Waals surface area contributed by atoms with E-state index in [9.17, 15) is 9.59 Å². The first-order chi connectivity index (χ1) is 12.1. The monoisotopic (exact) mass is 358 g/mol. The molecule has 0 unspecified atom stereocenters. The lowest BCUT2D eigenvalue weighted by molar-refractivity contribution is -0.126. The molecule has 8 nitrogen and oxygen atoms in total. The Bertz CT molecular complexity index is 791. The molecule has 9 heteroatoms. The van der Waals surface area contributed by atoms with Crippen molar-refractivity contribution < 1.29 is 9.59 Å². The second kappa shape index (κ2) is 7.47. The van der Waals surface area contributed by atoms with Gasteiger partial charge in [0.1, 0.15) is 0 Å². The molecule has 0 saturated carbocycles. The van der Waals surface area contributed by atoms with Crippen LogP contribution in [0.2, 0.25) is 0 Å². The van der Waals surface area contributed by atoms with Crippen molar-refractivity contribution in [3.8, 4) is 11.4 Å². The highest BCUT2D eigenvalue weighted by Crippen LogP contribution is 2.27. The number of carbonyl (C=O) groups is 2. The van der Waals surface area contributed by atoms with Gasteiger partial charge in [-0.1, -0.05) is 17.8 Å². The molecule has 130 valence electrons. The molecule has 1 aliphatic heterocycles. The van der Waals surface area contributed by atoms with Crippen LogP contribution in [0.3, 0.4) is 0 Å². The molecule has 2 aromatic heterocycles. The Hall–Kier alpha value is -2.68. The third-order valence-electron chi connectivity index (χ3n) is 3.70. The number of thioether (sulfide) groups is 1. The summed E-state index contributed by atoms with van der Waals surface area (Å²) in [5.41, 5.74) is 0.835. The van der Waals surface area contributed by atoms with Crippen molar-refractivity contribution >= 4 is 23.7 Å². The van der Waals surface area contributed by atoms with Crippen molar-refractivity contribution in [3.05, 3.63) is 37.2 Å². The average molecular weight is 358 g/mol. The Morgan fingerprint density at radius 2 is 2.36 bits per heavy atom. The molecule has 1 fully saturated rings. The number of nitrogens with one attached hydrogen (secondary N) is 1. The molecular weight excluding hydrogens is 340 g/mol. The van der Waals surface area contributed by atoms with Gasteiger partial charge >= 0.3 is 6.03 Å². The summed E-state index contributed by atoms with van der Waals surface area (Å²) >= 11 is 1.27. The standard InChI is InChI=1S/C16H18N6O2S/c1-3-8-21-13(12-5-4-6-17-10-12)19-20-16(21)25-11(2)14(23)22-9-7-18-15(22)24/h3-6,10-11H,1,7-9H2,2H3,(H,18,24)/t11-/m1/s1. The fraction of sp³-hybridized carbons (Fsp3) is 0.312. The number of rotatable bonds is 6. The van der Waals surface area contributed by atoms with Crippen LogP contribution < -0.4 is 5.32 Å². The van der Waals surface area contributed by atoms with Gasteiger partial charge in [-0.15, -0.1) is 16.8 Å². The predicted octanol–water partition coefficient (Wildman–Crippen LogP) is 1.56. The van der Waals surface area contributed by atoms with E-state index in [1.165, 1.54) is 16.7 Å². The fourth-order valence-corrected chi connectivity index (χ4v) is 3.41. The number of aromatic nitrogens is 4. The van der Waals surface area contributed by atoms with E-state index in [4.69, 9.17) is 0 Å². The van der Waals surface area contributed by atoms with Gasteiger partial charge in [0.15, 0.2) is 11.0 Å². The lowest BCUT2D eigenvalue weighted by Gasteiger charge is -2.17. The molecule has 1 aliphatic rings. The van der Waals surface area contributed by atoms with Crippen molar-refractivity contribution in [1.82, 2.24) is 30.0 Å². The van der Waals surface area contributed by atoms with E-state index >= 15 is 0 Å². The van der Waals surface area contributed by atoms with Crippen molar-refractivity contribution in [2.24, 2.45) is 0 Å². The van der Waals surface area contributed by atoms with Crippen LogP contribution in [0.5, 0.6) is 0 Å². The lowest BCUT2D eigenvalue weighted by atomic mass is 10.3. The first kappa shape index (κ1) is 17.2. The minimum atomic E-state index is -0.460. The van der Waals surface area contributed by atoms with Gasteiger partial charge in [-0.05, 0) is 19.1 Å². The topological polar surface area (TPSA) is 93.0 Å². The fourth-order valence-electron chi connectivity index (χ4n) is 2.49. The molecule has 0 radical (unpaired) electrons. The Balaban J connectivity index is 1.82. The minimum Gasteiger partial charge on any atom is -0.336 e. The predicted molar refractivity (Wildman–Crippen MR) is 93.9 cm³/mol. The van der Waals surface area contributed by atoms with Crippen LogP contribution in [0.1, 0.15) is 6.92 Å².